The van der Waals surface area contributed by atoms with Crippen LogP contribution in [0.5, 0.6) is 0 Å². The van der Waals surface area contributed by atoms with E-state index in [2.05, 4.69) is 128 Å². The van der Waals surface area contributed by atoms with Crippen LogP contribution >= 0.6 is 0 Å². The highest BCUT2D eigenvalue weighted by atomic mass is 32.2. The number of rotatable bonds is 12. The van der Waals surface area contributed by atoms with Crippen molar-refractivity contribution >= 4 is 43.2 Å². The quantitative estimate of drug-likeness (QED) is 0.0676. The van der Waals surface area contributed by atoms with Crippen LogP contribution in [-0.2, 0) is 29.8 Å². The number of Topliss-reactive ketones (excluding diaryl/α,β-unsaturated/α-hetero) is 2. The lowest BCUT2D eigenvalue weighted by Crippen LogP contribution is -2.48. The van der Waals surface area contributed by atoms with E-state index in [-0.39, 0.29) is 34.5 Å². The summed E-state index contributed by atoms with van der Waals surface area (Å²) in [5.41, 5.74) is 9.94. The Morgan fingerprint density at radius 1 is 0.583 bits per heavy atom. The fraction of sp³-hybridized carbons (Fsp3) is 0.346. The average molecular weight is 1050 g/mol. The molecule has 0 bridgehead atoms. The number of nitrogens with zero attached hydrogens (tertiary/aromatic N) is 2. The third kappa shape index (κ3) is 19.1. The molecule has 0 aliphatic heterocycles. The minimum atomic E-state index is -6.09. The topological polar surface area (TPSA) is 208 Å². The zero-order valence-electron chi connectivity index (χ0n) is 41.7. The van der Waals surface area contributed by atoms with E-state index in [9.17, 15) is 35.9 Å². The van der Waals surface area contributed by atoms with Crippen molar-refractivity contribution in [3.8, 4) is 0 Å². The Bertz CT molecular complexity index is 2720. The van der Waals surface area contributed by atoms with Crippen molar-refractivity contribution in [3.05, 3.63) is 179 Å². The van der Waals surface area contributed by atoms with Crippen LogP contribution in [0.25, 0.3) is 0 Å². The Morgan fingerprint density at radius 2 is 0.861 bits per heavy atom. The van der Waals surface area contributed by atoms with Gasteiger partial charge < -0.3 is 20.6 Å². The number of anilines is 2. The summed E-state index contributed by atoms with van der Waals surface area (Å²) in [6, 6.07) is 6.95. The van der Waals surface area contributed by atoms with Gasteiger partial charge in [0.15, 0.2) is 45.0 Å². The SMILES string of the molecule is CC1=C(/C=C/C(C)=C/C=C/C(C)=C/C=C/C=C(C)/C=C/C=C(C)/C=C/C2=C(C)C(=O)C([n+]3cccc(N)c3)CC2(C)C)C(C)(C)CC([n+]2cccc(N)c2)C1=O.O=S(=O)([O-])C(F)(F)F.O=S(=O)([O-])C(F)(F)F. The molecule has 0 amide bonds. The zero-order valence-corrected chi connectivity index (χ0v) is 43.3. The number of nitrogen functional groups attached to an aromatic ring is 2. The molecule has 2 aromatic rings. The summed E-state index contributed by atoms with van der Waals surface area (Å²) >= 11 is 0. The van der Waals surface area contributed by atoms with E-state index < -0.39 is 31.3 Å². The Hall–Kier alpha value is -6.22. The van der Waals surface area contributed by atoms with Gasteiger partial charge in [-0.15, -0.1) is 0 Å². The van der Waals surface area contributed by atoms with Gasteiger partial charge in [-0.05, 0) is 75.7 Å². The first-order valence-corrected chi connectivity index (χ1v) is 24.9. The first-order valence-electron chi connectivity index (χ1n) is 22.1. The van der Waals surface area contributed by atoms with Crippen LogP contribution in [0.3, 0.4) is 0 Å². The number of pyridine rings is 2. The predicted octanol–water partition coefficient (Wildman–Crippen LogP) is 10.5. The smallest absolute Gasteiger partial charge is 0.485 e. The summed E-state index contributed by atoms with van der Waals surface area (Å²) in [6.07, 6.45) is 38.1. The Kier molecular flexibility index (Phi) is 21.9. The Balaban J connectivity index is 0.000000951. The molecular weight excluding hydrogens is 987 g/mol. The summed E-state index contributed by atoms with van der Waals surface area (Å²) < 4.78 is 122. The van der Waals surface area contributed by atoms with Crippen LogP contribution in [0.4, 0.5) is 37.7 Å². The Labute approximate surface area is 418 Å². The van der Waals surface area contributed by atoms with Crippen LogP contribution in [0.15, 0.2) is 179 Å². The van der Waals surface area contributed by atoms with Gasteiger partial charge in [-0.25, -0.2) is 16.8 Å². The summed E-state index contributed by atoms with van der Waals surface area (Å²) in [6.45, 7) is 21.0. The van der Waals surface area contributed by atoms with E-state index in [4.69, 9.17) is 37.4 Å². The maximum absolute atomic E-state index is 13.4. The molecule has 72 heavy (non-hydrogen) atoms. The van der Waals surface area contributed by atoms with Gasteiger partial charge in [0, 0.05) is 36.1 Å². The number of allylic oxidation sites excluding steroid dienone is 22. The number of ketones is 2. The molecular formula is C52H62F6N4O8S2. The lowest BCUT2D eigenvalue weighted by molar-refractivity contribution is -0.710. The molecule has 0 saturated carbocycles. The minimum absolute atomic E-state index is 0.142. The van der Waals surface area contributed by atoms with E-state index in [1.54, 1.807) is 0 Å². The van der Waals surface area contributed by atoms with Crippen molar-refractivity contribution < 1.29 is 71.0 Å². The lowest BCUT2D eigenvalue weighted by atomic mass is 9.70. The van der Waals surface area contributed by atoms with Crippen LogP contribution < -0.4 is 20.6 Å². The molecule has 0 fully saturated rings. The van der Waals surface area contributed by atoms with Crippen molar-refractivity contribution in [1.82, 2.24) is 0 Å². The molecule has 20 heteroatoms. The van der Waals surface area contributed by atoms with E-state index in [1.807, 2.05) is 84.2 Å². The summed E-state index contributed by atoms with van der Waals surface area (Å²) in [7, 11) is -12.2. The summed E-state index contributed by atoms with van der Waals surface area (Å²) in [5.74, 6) is 0.284. The molecule has 0 saturated heterocycles. The van der Waals surface area contributed by atoms with Gasteiger partial charge in [0.2, 0.25) is 23.7 Å². The second-order valence-electron chi connectivity index (χ2n) is 18.4. The van der Waals surface area contributed by atoms with Crippen LogP contribution in [0.1, 0.15) is 94.2 Å². The zero-order chi connectivity index (χ0) is 55.2. The van der Waals surface area contributed by atoms with E-state index in [0.29, 0.717) is 24.2 Å². The fourth-order valence-electron chi connectivity index (χ4n) is 7.52. The maximum Gasteiger partial charge on any atom is 0.485 e. The number of halogens is 6. The molecule has 2 heterocycles. The molecule has 4 rings (SSSR count). The van der Waals surface area contributed by atoms with Gasteiger partial charge in [-0.1, -0.05) is 135 Å². The van der Waals surface area contributed by atoms with Crippen molar-refractivity contribution in [2.24, 2.45) is 10.8 Å². The van der Waals surface area contributed by atoms with Crippen molar-refractivity contribution in [3.63, 3.8) is 0 Å². The van der Waals surface area contributed by atoms with Crippen molar-refractivity contribution in [1.29, 1.82) is 0 Å². The van der Waals surface area contributed by atoms with Crippen LogP contribution in [0, 0.1) is 10.8 Å². The van der Waals surface area contributed by atoms with Gasteiger partial charge in [0.25, 0.3) is 0 Å². The molecule has 0 aromatic carbocycles. The molecule has 12 nitrogen and oxygen atoms in total. The number of hydrogen-bond donors (Lipinski definition) is 2. The lowest BCUT2D eigenvalue weighted by Gasteiger charge is -2.34. The van der Waals surface area contributed by atoms with Gasteiger partial charge >= 0.3 is 11.0 Å². The molecule has 2 aliphatic rings. The number of hydrogen-bond acceptors (Lipinski definition) is 10. The molecule has 2 unspecified atom stereocenters. The summed E-state index contributed by atoms with van der Waals surface area (Å²) in [4.78, 5) is 26.7. The highest BCUT2D eigenvalue weighted by Gasteiger charge is 2.44. The predicted molar refractivity (Wildman–Crippen MR) is 265 cm³/mol. The minimum Gasteiger partial charge on any atom is -0.741 e. The highest BCUT2D eigenvalue weighted by molar-refractivity contribution is 7.86. The van der Waals surface area contributed by atoms with E-state index in [0.717, 1.165) is 44.6 Å². The summed E-state index contributed by atoms with van der Waals surface area (Å²) in [5, 5.41) is 0. The molecule has 0 radical (unpaired) electrons. The monoisotopic (exact) mass is 1050 g/mol. The largest absolute Gasteiger partial charge is 0.741 e. The standard InChI is InChI=1S/C50H62N4O2.2CHF3O3S/c1-35(19-13-21-37(3)25-27-43-39(5)47(55)45(31-49(43,7)8)53-29-15-23-41(51)33-53)17-11-12-18-36(2)20-14-22-38(4)26-28-44-40(6)48(56)46(32-50(44,9)10)54-30-16-24-42(52)34-54;2*2-1(3,4)8(5,6)7/h11-30,33-34,45-46H,31-32,51-52H2,1-10H3;2*(H,5,6,7)/q+2;;/p-2/b12-11+,19-13+,20-14+,27-25+,28-26+,35-17+,36-18+,37-21+,38-22+;;. The first kappa shape index (κ1) is 61.9. The number of carbonyl (C=O) groups is 2. The van der Waals surface area contributed by atoms with Crippen molar-refractivity contribution in [2.75, 3.05) is 11.5 Å². The molecule has 0 spiro atoms. The van der Waals surface area contributed by atoms with Gasteiger partial charge in [0.1, 0.15) is 0 Å². The number of aromatic nitrogens is 2. The number of alkyl halides is 6. The normalized spacial score (nSPS) is 20.0. The highest BCUT2D eigenvalue weighted by Crippen LogP contribution is 2.43. The molecule has 2 aromatic heterocycles. The second-order valence-corrected chi connectivity index (χ2v) is 21.1. The number of nitrogens with two attached hydrogens (primary N) is 2. The van der Waals surface area contributed by atoms with Gasteiger partial charge in [-0.2, -0.15) is 35.5 Å². The van der Waals surface area contributed by atoms with Gasteiger partial charge in [-0.3, -0.25) is 9.59 Å². The average Bonchev–Trinajstić information content (AvgIpc) is 3.24. The molecule has 2 atom stereocenters. The molecule has 392 valence electrons. The number of carbonyl (C=O) groups excluding carboxylic acids is 2. The maximum atomic E-state index is 13.4. The fourth-order valence-corrected chi connectivity index (χ4v) is 7.52. The third-order valence-corrected chi connectivity index (χ3v) is 12.4. The molecule has 2 aliphatic carbocycles. The molecule has 4 N–H and O–H groups in total. The van der Waals surface area contributed by atoms with E-state index >= 15 is 0 Å². The van der Waals surface area contributed by atoms with Crippen LogP contribution in [-0.4, -0.2) is 48.5 Å². The first-order chi connectivity index (χ1) is 32.9. The van der Waals surface area contributed by atoms with Gasteiger partial charge in [0.05, 0.1) is 11.4 Å². The van der Waals surface area contributed by atoms with E-state index in [1.165, 1.54) is 0 Å². The second kappa shape index (κ2) is 25.4. The van der Waals surface area contributed by atoms with Crippen LogP contribution in [0.2, 0.25) is 0 Å². The third-order valence-electron chi connectivity index (χ3n) is 11.3. The Morgan fingerprint density at radius 3 is 1.14 bits per heavy atom. The van der Waals surface area contributed by atoms with Crippen molar-refractivity contribution in [2.45, 2.75) is 105 Å².